The van der Waals surface area contributed by atoms with Gasteiger partial charge in [-0.15, -0.1) is 0 Å². The lowest BCUT2D eigenvalue weighted by Gasteiger charge is -2.14. The Morgan fingerprint density at radius 2 is 1.85 bits per heavy atom. The fraction of sp³-hybridized carbons (Fsp3) is 0.182. The van der Waals surface area contributed by atoms with E-state index in [1.54, 1.807) is 25.1 Å². The molecule has 2 aromatic carbocycles. The Morgan fingerprint density at radius 1 is 1.09 bits per heavy atom. The SMILES string of the molecule is CCC(Sc1nc2ccccc2[nH]1)C(=O)Nc1ccc(S(=O)(=O)Nc2nccc(C)n2)cc1. The van der Waals surface area contributed by atoms with Gasteiger partial charge in [-0.2, -0.15) is 0 Å². The highest BCUT2D eigenvalue weighted by molar-refractivity contribution is 8.00. The molecule has 2 aromatic heterocycles. The number of carbonyl (C=O) groups is 1. The monoisotopic (exact) mass is 482 g/mol. The van der Waals surface area contributed by atoms with Gasteiger partial charge in [0.05, 0.1) is 21.2 Å². The predicted octanol–water partition coefficient (Wildman–Crippen LogP) is 3.97. The molecule has 1 atom stereocenters. The molecule has 9 nitrogen and oxygen atoms in total. The van der Waals surface area contributed by atoms with E-state index >= 15 is 0 Å². The highest BCUT2D eigenvalue weighted by Gasteiger charge is 2.21. The molecule has 0 aliphatic heterocycles. The smallest absolute Gasteiger partial charge is 0.264 e. The normalized spacial score (nSPS) is 12.4. The maximum Gasteiger partial charge on any atom is 0.264 e. The van der Waals surface area contributed by atoms with Crippen molar-refractivity contribution in [1.29, 1.82) is 0 Å². The minimum atomic E-state index is -3.85. The maximum absolute atomic E-state index is 12.8. The van der Waals surface area contributed by atoms with E-state index in [1.165, 1.54) is 30.1 Å². The number of aryl methyl sites for hydroxylation is 1. The van der Waals surface area contributed by atoms with Gasteiger partial charge in [0.2, 0.25) is 11.9 Å². The van der Waals surface area contributed by atoms with Crippen LogP contribution in [-0.4, -0.2) is 39.5 Å². The van der Waals surface area contributed by atoms with Crippen LogP contribution < -0.4 is 10.0 Å². The van der Waals surface area contributed by atoms with Gasteiger partial charge in [-0.1, -0.05) is 30.8 Å². The molecule has 0 spiro atoms. The lowest BCUT2D eigenvalue weighted by atomic mass is 10.3. The molecular weight excluding hydrogens is 460 g/mol. The molecule has 0 bridgehead atoms. The summed E-state index contributed by atoms with van der Waals surface area (Å²) in [6.45, 7) is 3.67. The van der Waals surface area contributed by atoms with E-state index in [9.17, 15) is 13.2 Å². The van der Waals surface area contributed by atoms with Crippen molar-refractivity contribution >= 4 is 50.4 Å². The van der Waals surface area contributed by atoms with Crippen molar-refractivity contribution in [2.45, 2.75) is 35.6 Å². The van der Waals surface area contributed by atoms with Gasteiger partial charge in [-0.3, -0.25) is 4.79 Å². The summed E-state index contributed by atoms with van der Waals surface area (Å²) >= 11 is 1.35. The number of nitrogens with zero attached hydrogens (tertiary/aromatic N) is 3. The van der Waals surface area contributed by atoms with E-state index in [2.05, 4.69) is 30.0 Å². The Hall–Kier alpha value is -3.44. The summed E-state index contributed by atoms with van der Waals surface area (Å²) in [4.78, 5) is 28.5. The zero-order chi connectivity index (χ0) is 23.4. The largest absolute Gasteiger partial charge is 0.333 e. The number of aromatic amines is 1. The first-order valence-electron chi connectivity index (χ1n) is 10.2. The molecule has 33 heavy (non-hydrogen) atoms. The Balaban J connectivity index is 1.42. The van der Waals surface area contributed by atoms with Crippen LogP contribution in [0.1, 0.15) is 19.0 Å². The van der Waals surface area contributed by atoms with Crippen molar-refractivity contribution in [3.8, 4) is 0 Å². The standard InChI is InChI=1S/C22H22N6O3S2/c1-3-19(32-22-26-17-6-4-5-7-18(17)27-22)20(29)25-15-8-10-16(11-9-15)33(30,31)28-21-23-13-12-14(2)24-21/h4-13,19H,3H2,1-2H3,(H,25,29)(H,26,27)(H,23,24,28). The van der Waals surface area contributed by atoms with Crippen molar-refractivity contribution in [2.24, 2.45) is 0 Å². The van der Waals surface area contributed by atoms with Crippen molar-refractivity contribution in [3.05, 3.63) is 66.5 Å². The number of H-pyrrole nitrogens is 1. The third kappa shape index (κ3) is 5.49. The number of anilines is 2. The number of benzene rings is 2. The number of para-hydroxylation sites is 2. The molecule has 2 heterocycles. The van der Waals surface area contributed by atoms with Gasteiger partial charge in [-0.05, 0) is 55.8 Å². The second-order valence-electron chi connectivity index (χ2n) is 7.21. The van der Waals surface area contributed by atoms with Crippen molar-refractivity contribution in [2.75, 3.05) is 10.0 Å². The first-order chi connectivity index (χ1) is 15.8. The number of hydrogen-bond acceptors (Lipinski definition) is 7. The van der Waals surface area contributed by atoms with E-state index in [0.717, 1.165) is 11.0 Å². The molecule has 0 radical (unpaired) electrons. The molecule has 0 saturated heterocycles. The minimum absolute atomic E-state index is 0.000721. The predicted molar refractivity (Wildman–Crippen MR) is 129 cm³/mol. The van der Waals surface area contributed by atoms with Gasteiger partial charge in [0.15, 0.2) is 5.16 Å². The van der Waals surface area contributed by atoms with Crippen LogP contribution in [0.4, 0.5) is 11.6 Å². The molecule has 170 valence electrons. The van der Waals surface area contributed by atoms with E-state index in [0.29, 0.717) is 23.0 Å². The van der Waals surface area contributed by atoms with Crippen LogP contribution in [0.25, 0.3) is 11.0 Å². The molecule has 0 fully saturated rings. The summed E-state index contributed by atoms with van der Waals surface area (Å²) in [6, 6.07) is 15.3. The van der Waals surface area contributed by atoms with Gasteiger partial charge in [0, 0.05) is 17.6 Å². The average Bonchev–Trinajstić information content (AvgIpc) is 3.20. The van der Waals surface area contributed by atoms with E-state index in [1.807, 2.05) is 31.2 Å². The molecule has 3 N–H and O–H groups in total. The fourth-order valence-electron chi connectivity index (χ4n) is 3.06. The zero-order valence-electron chi connectivity index (χ0n) is 17.9. The van der Waals surface area contributed by atoms with Crippen LogP contribution in [0, 0.1) is 6.92 Å². The van der Waals surface area contributed by atoms with Crippen LogP contribution in [0.2, 0.25) is 0 Å². The second kappa shape index (κ2) is 9.59. The summed E-state index contributed by atoms with van der Waals surface area (Å²) in [5.41, 5.74) is 2.90. The Morgan fingerprint density at radius 3 is 2.55 bits per heavy atom. The lowest BCUT2D eigenvalue weighted by molar-refractivity contribution is -0.115. The summed E-state index contributed by atoms with van der Waals surface area (Å²) in [5, 5.41) is 3.15. The van der Waals surface area contributed by atoms with Gasteiger partial charge >= 0.3 is 0 Å². The third-order valence-electron chi connectivity index (χ3n) is 4.74. The summed E-state index contributed by atoms with van der Waals surface area (Å²) in [6.07, 6.45) is 2.08. The molecule has 4 aromatic rings. The topological polar surface area (TPSA) is 130 Å². The summed E-state index contributed by atoms with van der Waals surface area (Å²) in [5.74, 6) is -0.189. The molecule has 0 aliphatic rings. The third-order valence-corrected chi connectivity index (χ3v) is 7.33. The number of nitrogens with one attached hydrogen (secondary N) is 3. The molecule has 4 rings (SSSR count). The number of aromatic nitrogens is 4. The number of fused-ring (bicyclic) bond motifs is 1. The summed E-state index contributed by atoms with van der Waals surface area (Å²) in [7, 11) is -3.85. The highest BCUT2D eigenvalue weighted by atomic mass is 32.2. The highest BCUT2D eigenvalue weighted by Crippen LogP contribution is 2.26. The number of thioether (sulfide) groups is 1. The van der Waals surface area contributed by atoms with E-state index in [-0.39, 0.29) is 22.0 Å². The zero-order valence-corrected chi connectivity index (χ0v) is 19.6. The molecule has 0 saturated carbocycles. The molecule has 11 heteroatoms. The number of sulfonamides is 1. The Bertz CT molecular complexity index is 1350. The quantitative estimate of drug-likeness (QED) is 0.324. The molecule has 1 amide bonds. The summed E-state index contributed by atoms with van der Waals surface area (Å²) < 4.78 is 27.5. The molecular formula is C22H22N6O3S2. The number of imidazole rings is 1. The number of amides is 1. The number of rotatable bonds is 8. The van der Waals surface area contributed by atoms with Gasteiger partial charge < -0.3 is 10.3 Å². The lowest BCUT2D eigenvalue weighted by Crippen LogP contribution is -2.24. The first kappa shape index (κ1) is 22.7. The van der Waals surface area contributed by atoms with Crippen LogP contribution in [-0.2, 0) is 14.8 Å². The molecule has 1 unspecified atom stereocenters. The van der Waals surface area contributed by atoms with E-state index < -0.39 is 10.0 Å². The van der Waals surface area contributed by atoms with Gasteiger partial charge in [0.1, 0.15) is 0 Å². The van der Waals surface area contributed by atoms with E-state index in [4.69, 9.17) is 0 Å². The van der Waals surface area contributed by atoms with Crippen LogP contribution in [0.3, 0.4) is 0 Å². The van der Waals surface area contributed by atoms with Crippen LogP contribution in [0.15, 0.2) is 70.8 Å². The van der Waals surface area contributed by atoms with Crippen LogP contribution >= 0.6 is 11.8 Å². The number of carbonyl (C=O) groups excluding carboxylic acids is 1. The van der Waals surface area contributed by atoms with Crippen molar-refractivity contribution in [3.63, 3.8) is 0 Å². The van der Waals surface area contributed by atoms with Crippen molar-refractivity contribution < 1.29 is 13.2 Å². The Kier molecular flexibility index (Phi) is 6.61. The Labute approximate surface area is 195 Å². The number of hydrogen-bond donors (Lipinski definition) is 3. The first-order valence-corrected chi connectivity index (χ1v) is 12.5. The van der Waals surface area contributed by atoms with Gasteiger partial charge in [-0.25, -0.2) is 28.1 Å². The van der Waals surface area contributed by atoms with Crippen LogP contribution in [0.5, 0.6) is 0 Å². The molecule has 0 aliphatic carbocycles. The minimum Gasteiger partial charge on any atom is -0.333 e. The fourth-order valence-corrected chi connectivity index (χ4v) is 4.93. The maximum atomic E-state index is 12.8. The second-order valence-corrected chi connectivity index (χ2v) is 10.1. The van der Waals surface area contributed by atoms with Crippen molar-refractivity contribution in [1.82, 2.24) is 19.9 Å². The average molecular weight is 483 g/mol. The van der Waals surface area contributed by atoms with Gasteiger partial charge in [0.25, 0.3) is 10.0 Å².